The monoisotopic (exact) mass is 380 g/mol. The highest BCUT2D eigenvalue weighted by Gasteiger charge is 2.21. The maximum Gasteiger partial charge on any atom is 0.326 e. The van der Waals surface area contributed by atoms with Gasteiger partial charge in [-0.1, -0.05) is 31.9 Å². The van der Waals surface area contributed by atoms with E-state index in [1.165, 1.54) is 6.07 Å². The average molecular weight is 381 g/mol. The maximum absolute atomic E-state index is 12.5. The number of amides is 1. The Bertz CT molecular complexity index is 800. The van der Waals surface area contributed by atoms with Gasteiger partial charge in [0.15, 0.2) is 0 Å². The Morgan fingerprint density at radius 3 is 2.78 bits per heavy atom. The van der Waals surface area contributed by atoms with Crippen molar-refractivity contribution in [3.8, 4) is 0 Å². The second-order valence-electron chi connectivity index (χ2n) is 5.22. The molecule has 7 heteroatoms. The number of rotatable bonds is 6. The minimum atomic E-state index is -1.08. The fourth-order valence-electron chi connectivity index (χ4n) is 2.33. The van der Waals surface area contributed by atoms with Crippen molar-refractivity contribution in [3.63, 3.8) is 0 Å². The number of halogens is 1. The second kappa shape index (κ2) is 7.41. The number of aromatic nitrogens is 1. The van der Waals surface area contributed by atoms with Crippen molar-refractivity contribution in [2.75, 3.05) is 0 Å². The zero-order valence-corrected chi connectivity index (χ0v) is 14.1. The molecule has 0 radical (unpaired) electrons. The van der Waals surface area contributed by atoms with Crippen LogP contribution in [0, 0.1) is 0 Å². The first-order valence-electron chi connectivity index (χ1n) is 7.29. The molecule has 0 aliphatic heterocycles. The summed E-state index contributed by atoms with van der Waals surface area (Å²) in [5.41, 5.74) is 0.244. The van der Waals surface area contributed by atoms with Crippen molar-refractivity contribution in [1.29, 1.82) is 0 Å². The largest absolute Gasteiger partial charge is 0.480 e. The average Bonchev–Trinajstić information content (AvgIpc) is 2.51. The molecular formula is C16H17BrN2O4. The van der Waals surface area contributed by atoms with Gasteiger partial charge in [0.05, 0.1) is 11.1 Å². The number of fused-ring (bicyclic) bond motifs is 1. The van der Waals surface area contributed by atoms with Gasteiger partial charge in [0, 0.05) is 15.9 Å². The van der Waals surface area contributed by atoms with Crippen LogP contribution in [0.15, 0.2) is 33.5 Å². The van der Waals surface area contributed by atoms with Crippen LogP contribution in [-0.4, -0.2) is 28.0 Å². The number of benzene rings is 1. The highest BCUT2D eigenvalue weighted by atomic mass is 79.9. The van der Waals surface area contributed by atoms with Crippen LogP contribution in [0.5, 0.6) is 0 Å². The first-order valence-corrected chi connectivity index (χ1v) is 8.08. The third-order valence-electron chi connectivity index (χ3n) is 3.52. The summed E-state index contributed by atoms with van der Waals surface area (Å²) in [6.07, 6.45) is 1.88. The fourth-order valence-corrected chi connectivity index (χ4v) is 2.80. The number of carbonyl (C=O) groups is 2. The van der Waals surface area contributed by atoms with Crippen molar-refractivity contribution >= 4 is 38.7 Å². The summed E-state index contributed by atoms with van der Waals surface area (Å²) >= 11 is 3.33. The van der Waals surface area contributed by atoms with E-state index in [1.54, 1.807) is 18.2 Å². The van der Waals surface area contributed by atoms with E-state index in [1.807, 2.05) is 6.92 Å². The maximum atomic E-state index is 12.5. The van der Waals surface area contributed by atoms with Gasteiger partial charge in [0.25, 0.3) is 5.91 Å². The molecule has 0 fully saturated rings. The Balaban J connectivity index is 2.39. The van der Waals surface area contributed by atoms with Gasteiger partial charge in [-0.3, -0.25) is 9.59 Å². The Labute approximate surface area is 141 Å². The predicted molar refractivity (Wildman–Crippen MR) is 90.7 cm³/mol. The molecule has 0 saturated heterocycles. The fraction of sp³-hybridized carbons (Fsp3) is 0.312. The van der Waals surface area contributed by atoms with E-state index in [-0.39, 0.29) is 5.56 Å². The minimum Gasteiger partial charge on any atom is -0.480 e. The number of nitrogens with one attached hydrogen (secondary N) is 2. The Hall–Kier alpha value is -2.15. The molecule has 122 valence electrons. The standard InChI is InChI=1S/C16H17BrN2O4/c1-2-3-7-12(16(22)23)18-15(21)10-8-13(20)19-14-9(10)5-4-6-11(14)17/h4-6,8,12H,2-3,7H2,1H3,(H,18,21)(H,19,20)(H,22,23)/t12-/m0/s1. The summed E-state index contributed by atoms with van der Waals surface area (Å²) in [6.45, 7) is 1.95. The van der Waals surface area contributed by atoms with E-state index >= 15 is 0 Å². The quantitative estimate of drug-likeness (QED) is 0.716. The highest BCUT2D eigenvalue weighted by Crippen LogP contribution is 2.23. The molecule has 1 aromatic heterocycles. The Kier molecular flexibility index (Phi) is 5.54. The minimum absolute atomic E-state index is 0.160. The normalized spacial score (nSPS) is 12.1. The third-order valence-corrected chi connectivity index (χ3v) is 4.18. The van der Waals surface area contributed by atoms with Gasteiger partial charge in [-0.2, -0.15) is 0 Å². The van der Waals surface area contributed by atoms with E-state index in [4.69, 9.17) is 0 Å². The highest BCUT2D eigenvalue weighted by molar-refractivity contribution is 9.10. The van der Waals surface area contributed by atoms with Crippen LogP contribution < -0.4 is 10.9 Å². The van der Waals surface area contributed by atoms with E-state index < -0.39 is 23.5 Å². The summed E-state index contributed by atoms with van der Waals surface area (Å²) < 4.78 is 0.655. The van der Waals surface area contributed by atoms with Gasteiger partial charge >= 0.3 is 5.97 Å². The van der Waals surface area contributed by atoms with E-state index in [0.717, 1.165) is 6.42 Å². The van der Waals surface area contributed by atoms with Crippen LogP contribution >= 0.6 is 15.9 Å². The lowest BCUT2D eigenvalue weighted by molar-refractivity contribution is -0.139. The summed E-state index contributed by atoms with van der Waals surface area (Å²) in [6, 6.07) is 5.41. The molecule has 0 aliphatic rings. The molecule has 2 rings (SSSR count). The summed E-state index contributed by atoms with van der Waals surface area (Å²) in [7, 11) is 0. The van der Waals surface area contributed by atoms with E-state index in [9.17, 15) is 19.5 Å². The number of hydrogen-bond donors (Lipinski definition) is 3. The van der Waals surface area contributed by atoms with Gasteiger partial charge in [-0.25, -0.2) is 4.79 Å². The predicted octanol–water partition coefficient (Wildman–Crippen LogP) is 2.66. The van der Waals surface area contributed by atoms with Gasteiger partial charge in [-0.05, 0) is 28.4 Å². The van der Waals surface area contributed by atoms with Crippen molar-refractivity contribution in [2.45, 2.75) is 32.2 Å². The Morgan fingerprint density at radius 1 is 1.39 bits per heavy atom. The first-order chi connectivity index (χ1) is 10.9. The first kappa shape index (κ1) is 17.2. The Morgan fingerprint density at radius 2 is 2.13 bits per heavy atom. The zero-order valence-electron chi connectivity index (χ0n) is 12.6. The number of unbranched alkanes of at least 4 members (excludes halogenated alkanes) is 1. The van der Waals surface area contributed by atoms with Crippen LogP contribution in [-0.2, 0) is 4.79 Å². The molecule has 0 bridgehead atoms. The van der Waals surface area contributed by atoms with Crippen molar-refractivity contribution in [1.82, 2.24) is 10.3 Å². The number of carboxylic acids is 1. The molecule has 0 spiro atoms. The molecule has 1 aromatic carbocycles. The zero-order chi connectivity index (χ0) is 17.0. The van der Waals surface area contributed by atoms with Gasteiger partial charge in [0.2, 0.25) is 5.56 Å². The number of carbonyl (C=O) groups excluding carboxylic acids is 1. The molecule has 6 nitrogen and oxygen atoms in total. The van der Waals surface area contributed by atoms with Crippen LogP contribution in [0.25, 0.3) is 10.9 Å². The molecule has 1 heterocycles. The van der Waals surface area contributed by atoms with E-state index in [2.05, 4.69) is 26.2 Å². The molecular weight excluding hydrogens is 364 g/mol. The molecule has 0 aliphatic carbocycles. The van der Waals surface area contributed by atoms with Crippen LogP contribution in [0.4, 0.5) is 0 Å². The lowest BCUT2D eigenvalue weighted by Gasteiger charge is -2.15. The van der Waals surface area contributed by atoms with Crippen molar-refractivity contribution < 1.29 is 14.7 Å². The molecule has 2 aromatic rings. The molecule has 1 amide bonds. The lowest BCUT2D eigenvalue weighted by atomic mass is 10.1. The second-order valence-corrected chi connectivity index (χ2v) is 6.07. The molecule has 0 saturated carbocycles. The number of aliphatic carboxylic acids is 1. The number of H-pyrrole nitrogens is 1. The van der Waals surface area contributed by atoms with E-state index in [0.29, 0.717) is 28.2 Å². The molecule has 23 heavy (non-hydrogen) atoms. The number of pyridine rings is 1. The summed E-state index contributed by atoms with van der Waals surface area (Å²) in [5.74, 6) is -1.65. The summed E-state index contributed by atoms with van der Waals surface area (Å²) in [4.78, 5) is 38.2. The molecule has 1 atom stereocenters. The van der Waals surface area contributed by atoms with Crippen LogP contribution in [0.1, 0.15) is 36.5 Å². The topological polar surface area (TPSA) is 99.3 Å². The SMILES string of the molecule is CCCC[C@H](NC(=O)c1cc(=O)[nH]c2c(Br)cccc12)C(=O)O. The lowest BCUT2D eigenvalue weighted by Crippen LogP contribution is -2.41. The van der Waals surface area contributed by atoms with Gasteiger partial charge in [0.1, 0.15) is 6.04 Å². The van der Waals surface area contributed by atoms with Crippen molar-refractivity contribution in [2.24, 2.45) is 0 Å². The number of aromatic amines is 1. The van der Waals surface area contributed by atoms with Crippen LogP contribution in [0.3, 0.4) is 0 Å². The molecule has 0 unspecified atom stereocenters. The van der Waals surface area contributed by atoms with Crippen LogP contribution in [0.2, 0.25) is 0 Å². The third kappa shape index (κ3) is 3.98. The molecule has 3 N–H and O–H groups in total. The smallest absolute Gasteiger partial charge is 0.326 e. The van der Waals surface area contributed by atoms with Crippen molar-refractivity contribution in [3.05, 3.63) is 44.7 Å². The number of para-hydroxylation sites is 1. The van der Waals surface area contributed by atoms with Gasteiger partial charge in [-0.15, -0.1) is 0 Å². The summed E-state index contributed by atoms with van der Waals surface area (Å²) in [5, 5.41) is 12.3. The number of carboxylic acid groups (broad SMARTS) is 1. The number of hydrogen-bond acceptors (Lipinski definition) is 3. The van der Waals surface area contributed by atoms with Gasteiger partial charge < -0.3 is 15.4 Å².